The van der Waals surface area contributed by atoms with E-state index in [1.165, 1.54) is 6.07 Å². The lowest BCUT2D eigenvalue weighted by Crippen LogP contribution is -2.25. The number of Topliss-reactive ketones (excluding diaryl/α,β-unsaturated/α-hetero) is 1. The Kier molecular flexibility index (Phi) is 4.94. The summed E-state index contributed by atoms with van der Waals surface area (Å²) >= 11 is 6.07. The van der Waals surface area contributed by atoms with E-state index in [2.05, 4.69) is 0 Å². The van der Waals surface area contributed by atoms with Crippen LogP contribution in [0, 0.1) is 5.82 Å². The fourth-order valence-electron chi connectivity index (χ4n) is 2.04. The molecular weight excluding hydrogens is 293 g/mol. The van der Waals surface area contributed by atoms with E-state index < -0.39 is 5.82 Å². The summed E-state index contributed by atoms with van der Waals surface area (Å²) in [7, 11) is 1.76. The zero-order valence-electron chi connectivity index (χ0n) is 11.5. The molecule has 0 spiro atoms. The van der Waals surface area contributed by atoms with Gasteiger partial charge in [0.2, 0.25) is 0 Å². The van der Waals surface area contributed by atoms with Gasteiger partial charge in [0.1, 0.15) is 11.6 Å². The van der Waals surface area contributed by atoms with Crippen molar-refractivity contribution in [2.45, 2.75) is 6.54 Å². The summed E-state index contributed by atoms with van der Waals surface area (Å²) in [6.07, 6.45) is 0. The third-order valence-corrected chi connectivity index (χ3v) is 3.44. The molecule has 0 bridgehead atoms. The monoisotopic (exact) mass is 307 g/mol. The van der Waals surface area contributed by atoms with Gasteiger partial charge < -0.3 is 5.11 Å². The van der Waals surface area contributed by atoms with Gasteiger partial charge in [-0.1, -0.05) is 29.8 Å². The molecule has 0 unspecified atom stereocenters. The highest BCUT2D eigenvalue weighted by Crippen LogP contribution is 2.20. The van der Waals surface area contributed by atoms with Crippen molar-refractivity contribution >= 4 is 17.4 Å². The van der Waals surface area contributed by atoms with Crippen molar-refractivity contribution in [2.75, 3.05) is 13.6 Å². The van der Waals surface area contributed by atoms with Crippen LogP contribution in [-0.2, 0) is 6.54 Å². The normalized spacial score (nSPS) is 10.9. The van der Waals surface area contributed by atoms with Gasteiger partial charge in [-0.2, -0.15) is 0 Å². The molecule has 0 radical (unpaired) electrons. The summed E-state index contributed by atoms with van der Waals surface area (Å²) in [5.41, 5.74) is 0.888. The zero-order chi connectivity index (χ0) is 15.4. The first-order valence-corrected chi connectivity index (χ1v) is 6.79. The van der Waals surface area contributed by atoms with Crippen LogP contribution in [0.1, 0.15) is 15.9 Å². The second-order valence-corrected chi connectivity index (χ2v) is 5.26. The first kappa shape index (κ1) is 15.5. The molecule has 0 saturated heterocycles. The van der Waals surface area contributed by atoms with Crippen molar-refractivity contribution in [3.05, 3.63) is 64.4 Å². The smallest absolute Gasteiger partial charge is 0.180 e. The SMILES string of the molecule is CN(CC(=O)c1cc(F)ccc1O)Cc1ccccc1Cl. The molecule has 1 N–H and O–H groups in total. The van der Waals surface area contributed by atoms with Gasteiger partial charge in [-0.05, 0) is 36.9 Å². The van der Waals surface area contributed by atoms with Crippen molar-refractivity contribution in [2.24, 2.45) is 0 Å². The second kappa shape index (κ2) is 6.70. The van der Waals surface area contributed by atoms with Crippen molar-refractivity contribution in [3.8, 4) is 5.75 Å². The van der Waals surface area contributed by atoms with Crippen LogP contribution in [-0.4, -0.2) is 29.4 Å². The molecule has 0 fully saturated rings. The molecule has 0 aromatic heterocycles. The Morgan fingerprint density at radius 1 is 1.29 bits per heavy atom. The fourth-order valence-corrected chi connectivity index (χ4v) is 2.23. The predicted molar refractivity (Wildman–Crippen MR) is 80.2 cm³/mol. The fraction of sp³-hybridized carbons (Fsp3) is 0.188. The molecule has 0 heterocycles. The third-order valence-electron chi connectivity index (χ3n) is 3.07. The number of nitrogens with zero attached hydrogens (tertiary/aromatic N) is 1. The van der Waals surface area contributed by atoms with Gasteiger partial charge in [0.05, 0.1) is 12.1 Å². The van der Waals surface area contributed by atoms with E-state index in [4.69, 9.17) is 11.6 Å². The number of phenols is 1. The number of aromatic hydroxyl groups is 1. The van der Waals surface area contributed by atoms with Crippen LogP contribution in [0.15, 0.2) is 42.5 Å². The molecule has 2 rings (SSSR count). The maximum absolute atomic E-state index is 13.2. The standard InChI is InChI=1S/C16H15ClFNO2/c1-19(9-11-4-2-3-5-14(11)17)10-16(21)13-8-12(18)6-7-15(13)20/h2-8,20H,9-10H2,1H3. The number of rotatable bonds is 5. The summed E-state index contributed by atoms with van der Waals surface area (Å²) in [4.78, 5) is 13.9. The zero-order valence-corrected chi connectivity index (χ0v) is 12.3. The molecule has 0 atom stereocenters. The summed E-state index contributed by atoms with van der Waals surface area (Å²) in [5.74, 6) is -1.11. The number of likely N-dealkylation sites (N-methyl/N-ethyl adjacent to an activating group) is 1. The minimum absolute atomic E-state index is 0.0130. The lowest BCUT2D eigenvalue weighted by Gasteiger charge is -2.17. The second-order valence-electron chi connectivity index (χ2n) is 4.85. The highest BCUT2D eigenvalue weighted by Gasteiger charge is 2.15. The quantitative estimate of drug-likeness (QED) is 0.860. The Morgan fingerprint density at radius 3 is 2.71 bits per heavy atom. The van der Waals surface area contributed by atoms with E-state index >= 15 is 0 Å². The molecule has 0 aliphatic rings. The summed E-state index contributed by atoms with van der Waals surface area (Å²) in [5, 5.41) is 10.3. The van der Waals surface area contributed by atoms with E-state index in [1.54, 1.807) is 18.0 Å². The Morgan fingerprint density at radius 2 is 2.00 bits per heavy atom. The number of benzene rings is 2. The summed E-state index contributed by atoms with van der Waals surface area (Å²) in [6, 6.07) is 10.7. The molecule has 2 aromatic carbocycles. The topological polar surface area (TPSA) is 40.5 Å². The summed E-state index contributed by atoms with van der Waals surface area (Å²) < 4.78 is 13.2. The van der Waals surface area contributed by atoms with E-state index in [1.807, 2.05) is 18.2 Å². The molecule has 21 heavy (non-hydrogen) atoms. The molecule has 110 valence electrons. The Labute approximate surface area is 127 Å². The minimum Gasteiger partial charge on any atom is -0.507 e. The van der Waals surface area contributed by atoms with Crippen LogP contribution >= 0.6 is 11.6 Å². The minimum atomic E-state index is -0.551. The molecule has 0 amide bonds. The molecule has 0 saturated carbocycles. The number of carbonyl (C=O) groups excluding carboxylic acids is 1. The maximum Gasteiger partial charge on any atom is 0.180 e. The Balaban J connectivity index is 2.06. The van der Waals surface area contributed by atoms with Crippen LogP contribution in [0.25, 0.3) is 0 Å². The molecule has 5 heteroatoms. The van der Waals surface area contributed by atoms with Crippen LogP contribution in [0.2, 0.25) is 5.02 Å². The first-order chi connectivity index (χ1) is 9.97. The largest absolute Gasteiger partial charge is 0.507 e. The van der Waals surface area contributed by atoms with E-state index in [0.717, 1.165) is 17.7 Å². The average Bonchev–Trinajstić information content (AvgIpc) is 2.44. The van der Waals surface area contributed by atoms with Gasteiger partial charge in [0.15, 0.2) is 5.78 Å². The van der Waals surface area contributed by atoms with Gasteiger partial charge in [0, 0.05) is 11.6 Å². The van der Waals surface area contributed by atoms with Crippen molar-refractivity contribution in [3.63, 3.8) is 0 Å². The van der Waals surface area contributed by atoms with Crippen LogP contribution < -0.4 is 0 Å². The number of hydrogen-bond donors (Lipinski definition) is 1. The lowest BCUT2D eigenvalue weighted by atomic mass is 10.1. The first-order valence-electron chi connectivity index (χ1n) is 6.41. The van der Waals surface area contributed by atoms with E-state index in [-0.39, 0.29) is 23.6 Å². The van der Waals surface area contributed by atoms with Crippen LogP contribution in [0.4, 0.5) is 4.39 Å². The number of ketones is 1. The number of halogens is 2. The molecular formula is C16H15ClFNO2. The number of carbonyl (C=O) groups is 1. The molecule has 3 nitrogen and oxygen atoms in total. The Hall–Kier alpha value is -1.91. The van der Waals surface area contributed by atoms with Gasteiger partial charge in [0.25, 0.3) is 0 Å². The summed E-state index contributed by atoms with van der Waals surface area (Å²) in [6.45, 7) is 0.545. The van der Waals surface area contributed by atoms with Crippen LogP contribution in [0.5, 0.6) is 5.75 Å². The third kappa shape index (κ3) is 4.03. The lowest BCUT2D eigenvalue weighted by molar-refractivity contribution is 0.0940. The molecule has 0 aliphatic carbocycles. The van der Waals surface area contributed by atoms with Gasteiger partial charge in [-0.3, -0.25) is 9.69 Å². The number of hydrogen-bond acceptors (Lipinski definition) is 3. The van der Waals surface area contributed by atoms with Crippen LogP contribution in [0.3, 0.4) is 0 Å². The molecule has 2 aromatic rings. The van der Waals surface area contributed by atoms with Crippen molar-refractivity contribution in [1.29, 1.82) is 0 Å². The Bertz CT molecular complexity index is 660. The van der Waals surface area contributed by atoms with E-state index in [0.29, 0.717) is 11.6 Å². The van der Waals surface area contributed by atoms with Crippen molar-refractivity contribution in [1.82, 2.24) is 4.90 Å². The van der Waals surface area contributed by atoms with E-state index in [9.17, 15) is 14.3 Å². The molecule has 0 aliphatic heterocycles. The average molecular weight is 308 g/mol. The highest BCUT2D eigenvalue weighted by atomic mass is 35.5. The van der Waals surface area contributed by atoms with Crippen molar-refractivity contribution < 1.29 is 14.3 Å². The maximum atomic E-state index is 13.2. The highest BCUT2D eigenvalue weighted by molar-refractivity contribution is 6.31. The number of phenolic OH excluding ortho intramolecular Hbond substituents is 1. The predicted octanol–water partition coefficient (Wildman–Crippen LogP) is 3.50. The van der Waals surface area contributed by atoms with Gasteiger partial charge >= 0.3 is 0 Å². The van der Waals surface area contributed by atoms with Gasteiger partial charge in [-0.15, -0.1) is 0 Å². The van der Waals surface area contributed by atoms with Gasteiger partial charge in [-0.25, -0.2) is 4.39 Å².